The molecule has 17 heavy (non-hydrogen) atoms. The fraction of sp³-hybridized carbons (Fsp3) is 0. The van der Waals surface area contributed by atoms with Crippen molar-refractivity contribution in [2.24, 2.45) is 0 Å². The first-order chi connectivity index (χ1) is 8.29. The normalized spacial score (nSPS) is 12.7. The molecular formula is C14H10O3. The number of carbonyl (C=O) groups is 2. The summed E-state index contributed by atoms with van der Waals surface area (Å²) < 4.78 is 4.58. The molecule has 0 aliphatic heterocycles. The first kappa shape index (κ1) is 11.1. The molecule has 0 amide bonds. The lowest BCUT2D eigenvalue weighted by Crippen LogP contribution is -2.15. The summed E-state index contributed by atoms with van der Waals surface area (Å²) in [7, 11) is 0. The van der Waals surface area contributed by atoms with E-state index in [9.17, 15) is 9.59 Å². The van der Waals surface area contributed by atoms with Gasteiger partial charge in [-0.3, -0.25) is 9.59 Å². The number of benzene rings is 1. The molecule has 0 fully saturated rings. The molecule has 3 heteroatoms. The number of furan rings is 1. The van der Waals surface area contributed by atoms with Gasteiger partial charge >= 0.3 is 0 Å². The van der Waals surface area contributed by atoms with Crippen LogP contribution >= 0.6 is 0 Å². The molecule has 84 valence electrons. The number of Topliss-reactive ketones (excluding diaryl/α,β-unsaturated/α-hetero) is 1. The van der Waals surface area contributed by atoms with E-state index in [0.29, 0.717) is 5.56 Å². The van der Waals surface area contributed by atoms with E-state index >= 15 is 0 Å². The van der Waals surface area contributed by atoms with Gasteiger partial charge in [-0.1, -0.05) is 30.3 Å². The van der Waals surface area contributed by atoms with Crippen LogP contribution in [-0.2, 0) is 4.79 Å². The molecule has 3 nitrogen and oxygen atoms in total. The zero-order valence-corrected chi connectivity index (χ0v) is 9.00. The molecule has 0 saturated heterocycles. The molecular weight excluding hydrogens is 216 g/mol. The summed E-state index contributed by atoms with van der Waals surface area (Å²) in [6.07, 6.45) is 6.23. The highest BCUT2D eigenvalue weighted by atomic mass is 16.3. The van der Waals surface area contributed by atoms with Crippen LogP contribution in [0.15, 0.2) is 59.4 Å². The predicted molar refractivity (Wildman–Crippen MR) is 63.5 cm³/mol. The maximum atomic E-state index is 11.2. The molecule has 1 heterocycles. The minimum atomic E-state index is -0.436. The van der Waals surface area contributed by atoms with Crippen molar-refractivity contribution in [3.05, 3.63) is 66.1 Å². The van der Waals surface area contributed by atoms with Crippen LogP contribution in [0, 0.1) is 0 Å². The van der Waals surface area contributed by atoms with E-state index in [-0.39, 0.29) is 0 Å². The van der Waals surface area contributed by atoms with Crippen LogP contribution in [0.3, 0.4) is 0 Å². The molecule has 0 unspecified atom stereocenters. The lowest BCUT2D eigenvalue weighted by molar-refractivity contribution is -0.110. The van der Waals surface area contributed by atoms with Crippen molar-refractivity contribution in [1.82, 2.24) is 0 Å². The number of ketones is 2. The Hall–Kier alpha value is -2.42. The Balaban J connectivity index is 0.000000181. The van der Waals surface area contributed by atoms with E-state index in [1.54, 1.807) is 30.7 Å². The van der Waals surface area contributed by atoms with Crippen molar-refractivity contribution in [3.8, 4) is 0 Å². The Morgan fingerprint density at radius 3 is 2.18 bits per heavy atom. The molecule has 0 spiro atoms. The van der Waals surface area contributed by atoms with E-state index in [4.69, 9.17) is 0 Å². The van der Waals surface area contributed by atoms with Crippen LogP contribution < -0.4 is 0 Å². The lowest BCUT2D eigenvalue weighted by Gasteiger charge is -2.06. The fourth-order valence-corrected chi connectivity index (χ4v) is 1.45. The minimum absolute atomic E-state index is 0.409. The van der Waals surface area contributed by atoms with Gasteiger partial charge in [0.15, 0.2) is 0 Å². The van der Waals surface area contributed by atoms with Crippen LogP contribution in [0.1, 0.15) is 15.9 Å². The van der Waals surface area contributed by atoms with Crippen molar-refractivity contribution >= 4 is 17.6 Å². The third-order valence-electron chi connectivity index (χ3n) is 2.27. The number of hydrogen-bond acceptors (Lipinski definition) is 3. The van der Waals surface area contributed by atoms with E-state index in [1.165, 1.54) is 6.08 Å². The van der Waals surface area contributed by atoms with E-state index in [1.807, 2.05) is 24.3 Å². The summed E-state index contributed by atoms with van der Waals surface area (Å²) in [4.78, 5) is 22.1. The third-order valence-corrected chi connectivity index (χ3v) is 2.27. The average Bonchev–Trinajstić information content (AvgIpc) is 2.93. The Labute approximate surface area is 98.4 Å². The summed E-state index contributed by atoms with van der Waals surface area (Å²) >= 11 is 0. The molecule has 0 bridgehead atoms. The van der Waals surface area contributed by atoms with Crippen molar-refractivity contribution in [3.63, 3.8) is 0 Å². The van der Waals surface area contributed by atoms with Crippen molar-refractivity contribution < 1.29 is 14.0 Å². The summed E-state index contributed by atoms with van der Waals surface area (Å²) in [5.74, 6) is -0.846. The molecule has 1 aliphatic rings. The van der Waals surface area contributed by atoms with E-state index in [2.05, 4.69) is 4.42 Å². The second-order valence-corrected chi connectivity index (χ2v) is 3.41. The first-order valence-electron chi connectivity index (χ1n) is 5.12. The topological polar surface area (TPSA) is 47.3 Å². The third kappa shape index (κ3) is 2.58. The summed E-state index contributed by atoms with van der Waals surface area (Å²) in [6, 6.07) is 10.7. The van der Waals surface area contributed by atoms with Crippen LogP contribution in [0.5, 0.6) is 0 Å². The summed E-state index contributed by atoms with van der Waals surface area (Å²) in [6.45, 7) is 0. The number of carbonyl (C=O) groups excluding carboxylic acids is 2. The molecule has 0 atom stereocenters. The maximum Gasteiger partial charge on any atom is 0.233 e. The van der Waals surface area contributed by atoms with Gasteiger partial charge in [-0.25, -0.2) is 0 Å². The van der Waals surface area contributed by atoms with Crippen LogP contribution in [0.2, 0.25) is 0 Å². The van der Waals surface area contributed by atoms with Gasteiger partial charge in [-0.05, 0) is 23.8 Å². The number of rotatable bonds is 0. The minimum Gasteiger partial charge on any atom is -0.473 e. The fourth-order valence-electron chi connectivity index (χ4n) is 1.45. The Bertz CT molecular complexity index is 533. The monoisotopic (exact) mass is 226 g/mol. The molecule has 1 aromatic heterocycles. The van der Waals surface area contributed by atoms with Crippen molar-refractivity contribution in [1.29, 1.82) is 0 Å². The Morgan fingerprint density at radius 1 is 0.824 bits per heavy atom. The van der Waals surface area contributed by atoms with Crippen molar-refractivity contribution in [2.45, 2.75) is 0 Å². The number of fused-ring (bicyclic) bond motifs is 1. The summed E-state index contributed by atoms with van der Waals surface area (Å²) in [5.41, 5.74) is 1.33. The van der Waals surface area contributed by atoms with Gasteiger partial charge < -0.3 is 4.42 Å². The van der Waals surface area contributed by atoms with Gasteiger partial charge in [-0.15, -0.1) is 0 Å². The Kier molecular flexibility index (Phi) is 3.31. The van der Waals surface area contributed by atoms with E-state index < -0.39 is 11.6 Å². The first-order valence-corrected chi connectivity index (χ1v) is 5.12. The quantitative estimate of drug-likeness (QED) is 0.649. The molecule has 0 radical (unpaired) electrons. The SMILES string of the molecule is O=C1C=Cc2ccccc2C1=O.c1ccoc1. The second kappa shape index (κ2) is 5.07. The smallest absolute Gasteiger partial charge is 0.233 e. The van der Waals surface area contributed by atoms with Gasteiger partial charge in [0.05, 0.1) is 12.5 Å². The highest BCUT2D eigenvalue weighted by molar-refractivity contribution is 6.49. The zero-order valence-electron chi connectivity index (χ0n) is 9.00. The Morgan fingerprint density at radius 2 is 1.53 bits per heavy atom. The lowest BCUT2D eigenvalue weighted by atomic mass is 9.96. The van der Waals surface area contributed by atoms with Crippen molar-refractivity contribution in [2.75, 3.05) is 0 Å². The maximum absolute atomic E-state index is 11.2. The number of allylic oxidation sites excluding steroid dienone is 1. The van der Waals surface area contributed by atoms with E-state index in [0.717, 1.165) is 5.56 Å². The van der Waals surface area contributed by atoms with Gasteiger partial charge in [0.1, 0.15) is 0 Å². The molecule has 0 N–H and O–H groups in total. The van der Waals surface area contributed by atoms with Gasteiger partial charge in [0.2, 0.25) is 11.6 Å². The van der Waals surface area contributed by atoms with Gasteiger partial charge in [0, 0.05) is 5.56 Å². The molecule has 0 saturated carbocycles. The zero-order chi connectivity index (χ0) is 12.1. The van der Waals surface area contributed by atoms with Crippen LogP contribution in [0.25, 0.3) is 6.08 Å². The van der Waals surface area contributed by atoms with Crippen LogP contribution in [-0.4, -0.2) is 11.6 Å². The largest absolute Gasteiger partial charge is 0.473 e. The van der Waals surface area contributed by atoms with Crippen LogP contribution in [0.4, 0.5) is 0 Å². The molecule has 1 aliphatic carbocycles. The van der Waals surface area contributed by atoms with Gasteiger partial charge in [-0.2, -0.15) is 0 Å². The van der Waals surface area contributed by atoms with Gasteiger partial charge in [0.25, 0.3) is 0 Å². The highest BCUT2D eigenvalue weighted by Crippen LogP contribution is 2.16. The predicted octanol–water partition coefficient (Wildman–Crippen LogP) is 2.74. The standard InChI is InChI=1S/C10H6O2.C4H4O/c11-9-6-5-7-3-1-2-4-8(7)10(9)12;1-2-4-5-3-1/h1-6H;1-4H. The number of hydrogen-bond donors (Lipinski definition) is 0. The average molecular weight is 226 g/mol. The molecule has 1 aromatic carbocycles. The molecule has 3 rings (SSSR count). The second-order valence-electron chi connectivity index (χ2n) is 3.41. The molecule has 2 aromatic rings. The highest BCUT2D eigenvalue weighted by Gasteiger charge is 2.19. The summed E-state index contributed by atoms with van der Waals surface area (Å²) in [5, 5.41) is 0.